The van der Waals surface area contributed by atoms with Gasteiger partial charge in [-0.15, -0.1) is 0 Å². The molecule has 2 aromatic rings. The largest absolute Gasteiger partial charge is 0.293 e. The van der Waals surface area contributed by atoms with E-state index in [1.807, 2.05) is 0 Å². The smallest absolute Gasteiger partial charge is 0.268 e. The van der Waals surface area contributed by atoms with Crippen LogP contribution in [-0.2, 0) is 11.3 Å². The number of nitriles is 1. The minimum atomic E-state index is -0.395. The predicted octanol–water partition coefficient (Wildman–Crippen LogP) is 5.10. The number of amides is 2. The summed E-state index contributed by atoms with van der Waals surface area (Å²) in [5.74, 6) is -0.395. The predicted molar refractivity (Wildman–Crippen MR) is 99.1 cm³/mol. The minimum Gasteiger partial charge on any atom is -0.268 e. The molecule has 0 aliphatic carbocycles. The first kappa shape index (κ1) is 17.6. The molecular formula is C18H10Cl2N2O2S. The fourth-order valence-corrected chi connectivity index (χ4v) is 3.47. The second-order valence-corrected chi connectivity index (χ2v) is 7.02. The molecular weight excluding hydrogens is 379 g/mol. The Hall–Kier alpha value is -2.26. The average molecular weight is 389 g/mol. The van der Waals surface area contributed by atoms with Gasteiger partial charge in [0.1, 0.15) is 0 Å². The quantitative estimate of drug-likeness (QED) is 0.685. The number of rotatable bonds is 3. The maximum atomic E-state index is 12.6. The molecule has 4 nitrogen and oxygen atoms in total. The van der Waals surface area contributed by atoms with Crippen LogP contribution in [0.5, 0.6) is 0 Å². The van der Waals surface area contributed by atoms with Crippen molar-refractivity contribution in [3.63, 3.8) is 0 Å². The van der Waals surface area contributed by atoms with Gasteiger partial charge in [-0.05, 0) is 47.2 Å². The van der Waals surface area contributed by atoms with E-state index in [1.165, 1.54) is 0 Å². The van der Waals surface area contributed by atoms with Gasteiger partial charge in [0.05, 0.1) is 33.1 Å². The van der Waals surface area contributed by atoms with Gasteiger partial charge >= 0.3 is 0 Å². The molecule has 1 aliphatic rings. The van der Waals surface area contributed by atoms with E-state index in [0.717, 1.165) is 16.7 Å². The summed E-state index contributed by atoms with van der Waals surface area (Å²) < 4.78 is 0. The molecule has 2 aromatic carbocycles. The lowest BCUT2D eigenvalue weighted by molar-refractivity contribution is -0.123. The highest BCUT2D eigenvalue weighted by atomic mass is 35.5. The number of nitrogens with zero attached hydrogens (tertiary/aromatic N) is 2. The summed E-state index contributed by atoms with van der Waals surface area (Å²) in [7, 11) is 0. The van der Waals surface area contributed by atoms with Crippen LogP contribution in [0.1, 0.15) is 16.7 Å². The van der Waals surface area contributed by atoms with Crippen LogP contribution in [0.2, 0.25) is 10.0 Å². The Kier molecular flexibility index (Phi) is 5.14. The first-order valence-electron chi connectivity index (χ1n) is 7.18. The van der Waals surface area contributed by atoms with E-state index in [9.17, 15) is 9.59 Å². The average Bonchev–Trinajstić information content (AvgIpc) is 2.86. The summed E-state index contributed by atoms with van der Waals surface area (Å²) in [6, 6.07) is 13.9. The SMILES string of the molecule is N#Cc1ccccc1CN1C(=O)S/C(=C/c2ccc(Cl)c(Cl)c2)C1=O. The molecule has 0 atom stereocenters. The van der Waals surface area contributed by atoms with Crippen molar-refractivity contribution in [1.29, 1.82) is 5.26 Å². The fraction of sp³-hybridized carbons (Fsp3) is 0.0556. The molecule has 0 saturated carbocycles. The van der Waals surface area contributed by atoms with Crippen LogP contribution in [-0.4, -0.2) is 16.0 Å². The first-order chi connectivity index (χ1) is 12.0. The molecule has 1 fully saturated rings. The molecule has 1 aliphatic heterocycles. The van der Waals surface area contributed by atoms with Crippen LogP contribution in [0.4, 0.5) is 4.79 Å². The Morgan fingerprint density at radius 3 is 2.60 bits per heavy atom. The number of carbonyl (C=O) groups is 2. The Morgan fingerprint density at radius 2 is 1.88 bits per heavy atom. The number of halogens is 2. The molecule has 0 radical (unpaired) electrons. The molecule has 0 aromatic heterocycles. The molecule has 0 spiro atoms. The number of hydrogen-bond donors (Lipinski definition) is 0. The number of carbonyl (C=O) groups excluding carboxylic acids is 2. The van der Waals surface area contributed by atoms with E-state index in [2.05, 4.69) is 6.07 Å². The van der Waals surface area contributed by atoms with Crippen LogP contribution in [0.25, 0.3) is 6.08 Å². The van der Waals surface area contributed by atoms with Gasteiger partial charge in [-0.2, -0.15) is 5.26 Å². The van der Waals surface area contributed by atoms with Crippen molar-refractivity contribution < 1.29 is 9.59 Å². The Balaban J connectivity index is 1.86. The molecule has 3 rings (SSSR count). The number of benzene rings is 2. The zero-order valence-electron chi connectivity index (χ0n) is 12.7. The lowest BCUT2D eigenvalue weighted by atomic mass is 10.1. The molecule has 0 N–H and O–H groups in total. The number of thioether (sulfide) groups is 1. The second kappa shape index (κ2) is 7.32. The third-order valence-electron chi connectivity index (χ3n) is 3.58. The lowest BCUT2D eigenvalue weighted by Crippen LogP contribution is -2.27. The van der Waals surface area contributed by atoms with Gasteiger partial charge < -0.3 is 0 Å². The standard InChI is InChI=1S/C18H10Cl2N2O2S/c19-14-6-5-11(7-15(14)20)8-16-17(23)22(18(24)25-16)10-13-4-2-1-3-12(13)9-21/h1-8H,10H2/b16-8+. The zero-order chi connectivity index (χ0) is 18.0. The van der Waals surface area contributed by atoms with Crippen LogP contribution in [0.15, 0.2) is 47.4 Å². The highest BCUT2D eigenvalue weighted by Crippen LogP contribution is 2.34. The Labute approximate surface area is 158 Å². The van der Waals surface area contributed by atoms with Gasteiger partial charge in [0.25, 0.3) is 11.1 Å². The van der Waals surface area contributed by atoms with Crippen LogP contribution < -0.4 is 0 Å². The van der Waals surface area contributed by atoms with E-state index in [0.29, 0.717) is 31.6 Å². The molecule has 0 bridgehead atoms. The summed E-state index contributed by atoms with van der Waals surface area (Å²) in [5, 5.41) is 9.56. The van der Waals surface area contributed by atoms with Crippen molar-refractivity contribution in [3.8, 4) is 6.07 Å². The van der Waals surface area contributed by atoms with Crippen molar-refractivity contribution in [3.05, 3.63) is 74.1 Å². The van der Waals surface area contributed by atoms with Gasteiger partial charge in [0, 0.05) is 0 Å². The van der Waals surface area contributed by atoms with Crippen molar-refractivity contribution >= 4 is 52.2 Å². The van der Waals surface area contributed by atoms with Gasteiger partial charge in [0.15, 0.2) is 0 Å². The number of imide groups is 1. The van der Waals surface area contributed by atoms with Crippen molar-refractivity contribution in [2.75, 3.05) is 0 Å². The maximum absolute atomic E-state index is 12.6. The molecule has 124 valence electrons. The summed E-state index contributed by atoms with van der Waals surface area (Å²) in [5.41, 5.74) is 1.75. The van der Waals surface area contributed by atoms with E-state index < -0.39 is 5.91 Å². The van der Waals surface area contributed by atoms with E-state index in [-0.39, 0.29) is 11.8 Å². The third-order valence-corrected chi connectivity index (χ3v) is 5.23. The lowest BCUT2D eigenvalue weighted by Gasteiger charge is -2.13. The third kappa shape index (κ3) is 3.72. The topological polar surface area (TPSA) is 61.2 Å². The van der Waals surface area contributed by atoms with Gasteiger partial charge in [-0.1, -0.05) is 47.5 Å². The van der Waals surface area contributed by atoms with E-state index in [1.54, 1.807) is 48.5 Å². The summed E-state index contributed by atoms with van der Waals surface area (Å²) in [6.07, 6.45) is 1.60. The minimum absolute atomic E-state index is 0.0626. The van der Waals surface area contributed by atoms with Gasteiger partial charge in [-0.25, -0.2) is 0 Å². The van der Waals surface area contributed by atoms with E-state index >= 15 is 0 Å². The highest BCUT2D eigenvalue weighted by molar-refractivity contribution is 8.18. The molecule has 0 unspecified atom stereocenters. The zero-order valence-corrected chi connectivity index (χ0v) is 15.0. The van der Waals surface area contributed by atoms with Crippen LogP contribution in [0.3, 0.4) is 0 Å². The maximum Gasteiger partial charge on any atom is 0.293 e. The monoisotopic (exact) mass is 388 g/mol. The highest BCUT2D eigenvalue weighted by Gasteiger charge is 2.35. The summed E-state index contributed by atoms with van der Waals surface area (Å²) in [6.45, 7) is 0.0626. The first-order valence-corrected chi connectivity index (χ1v) is 8.75. The second-order valence-electron chi connectivity index (χ2n) is 5.21. The number of hydrogen-bond acceptors (Lipinski definition) is 4. The Morgan fingerprint density at radius 1 is 1.12 bits per heavy atom. The van der Waals surface area contributed by atoms with Crippen molar-refractivity contribution in [2.45, 2.75) is 6.54 Å². The molecule has 7 heteroatoms. The normalized spacial score (nSPS) is 15.7. The molecule has 25 heavy (non-hydrogen) atoms. The van der Waals surface area contributed by atoms with Crippen molar-refractivity contribution in [2.24, 2.45) is 0 Å². The Bertz CT molecular complexity index is 950. The van der Waals surface area contributed by atoms with Crippen LogP contribution >= 0.6 is 35.0 Å². The molecule has 1 heterocycles. The fourth-order valence-electron chi connectivity index (χ4n) is 2.33. The summed E-state index contributed by atoms with van der Waals surface area (Å²) >= 11 is 12.7. The molecule has 1 saturated heterocycles. The van der Waals surface area contributed by atoms with Crippen LogP contribution in [0, 0.1) is 11.3 Å². The van der Waals surface area contributed by atoms with Crippen molar-refractivity contribution in [1.82, 2.24) is 4.90 Å². The van der Waals surface area contributed by atoms with Gasteiger partial charge in [0.2, 0.25) is 0 Å². The molecule has 2 amide bonds. The van der Waals surface area contributed by atoms with E-state index in [4.69, 9.17) is 28.5 Å². The van der Waals surface area contributed by atoms with Gasteiger partial charge in [-0.3, -0.25) is 14.5 Å². The summed E-state index contributed by atoms with van der Waals surface area (Å²) in [4.78, 5) is 26.2.